The molecule has 0 fully saturated rings. The summed E-state index contributed by atoms with van der Waals surface area (Å²) >= 11 is 0. The van der Waals surface area contributed by atoms with E-state index in [1.165, 1.54) is 13.0 Å². The van der Waals surface area contributed by atoms with Crippen LogP contribution in [0.15, 0.2) is 16.0 Å². The van der Waals surface area contributed by atoms with Gasteiger partial charge in [-0.25, -0.2) is 0 Å². The lowest BCUT2D eigenvalue weighted by Crippen LogP contribution is -2.29. The van der Waals surface area contributed by atoms with Crippen molar-refractivity contribution in [1.82, 2.24) is 4.98 Å². The number of pyridine rings is 1. The minimum atomic E-state index is -4.92. The molecule has 0 unspecified atom stereocenters. The number of halogens is 3. The summed E-state index contributed by atoms with van der Waals surface area (Å²) in [7, 11) is 0. The minimum absolute atomic E-state index is 0.269. The zero-order valence-corrected chi connectivity index (χ0v) is 10.1. The summed E-state index contributed by atoms with van der Waals surface area (Å²) in [5, 5.41) is 10.3. The van der Waals surface area contributed by atoms with Crippen LogP contribution in [0.2, 0.25) is 0 Å². The lowest BCUT2D eigenvalue weighted by atomic mass is 10.0. The molecule has 1 rings (SSSR count). The van der Waals surface area contributed by atoms with Gasteiger partial charge >= 0.3 is 6.18 Å². The van der Waals surface area contributed by atoms with E-state index in [9.17, 15) is 22.8 Å². The lowest BCUT2D eigenvalue weighted by molar-refractivity contribution is -0.0623. The monoisotopic (exact) mass is 276 g/mol. The first kappa shape index (κ1) is 14.9. The number of alkyl halides is 3. The molecule has 0 saturated carbocycles. The number of ketones is 1. The highest BCUT2D eigenvalue weighted by Gasteiger charge is 2.38. The number of rotatable bonds is 3. The van der Waals surface area contributed by atoms with Crippen LogP contribution in [0.3, 0.4) is 0 Å². The highest BCUT2D eigenvalue weighted by Crippen LogP contribution is 2.20. The Morgan fingerprint density at radius 2 is 2.00 bits per heavy atom. The van der Waals surface area contributed by atoms with Crippen molar-refractivity contribution in [1.29, 1.82) is 0 Å². The van der Waals surface area contributed by atoms with Crippen LogP contribution in [0.1, 0.15) is 28.0 Å². The first-order chi connectivity index (χ1) is 8.66. The quantitative estimate of drug-likeness (QED) is 0.383. The second-order valence-corrected chi connectivity index (χ2v) is 3.98. The number of H-pyrrole nitrogens is 1. The third kappa shape index (κ3) is 3.43. The number of Topliss-reactive ketones (excluding diaryl/α,β-unsaturated/α-hetero) is 1. The van der Waals surface area contributed by atoms with Gasteiger partial charge in [0.05, 0.1) is 12.0 Å². The summed E-state index contributed by atoms with van der Waals surface area (Å²) in [6.07, 6.45) is -6.11. The van der Waals surface area contributed by atoms with Gasteiger partial charge in [-0.2, -0.15) is 13.2 Å². The minimum Gasteiger partial charge on any atom is -0.411 e. The van der Waals surface area contributed by atoms with E-state index < -0.39 is 29.7 Å². The van der Waals surface area contributed by atoms with Crippen LogP contribution in [0.4, 0.5) is 13.2 Å². The molecule has 0 spiro atoms. The SMILES string of the molecule is Cc1cc(C)c(C(=O)C/C(=N\O)C(F)(F)F)c(=O)[nH]1. The fraction of sp³-hybridized carbons (Fsp3) is 0.364. The van der Waals surface area contributed by atoms with Gasteiger partial charge < -0.3 is 10.2 Å². The van der Waals surface area contributed by atoms with Crippen molar-refractivity contribution in [2.45, 2.75) is 26.4 Å². The van der Waals surface area contributed by atoms with Crippen LogP contribution >= 0.6 is 0 Å². The van der Waals surface area contributed by atoms with Crippen molar-refractivity contribution in [2.24, 2.45) is 5.16 Å². The van der Waals surface area contributed by atoms with Crippen LogP contribution in [-0.4, -0.2) is 27.9 Å². The Morgan fingerprint density at radius 1 is 1.42 bits per heavy atom. The van der Waals surface area contributed by atoms with Crippen LogP contribution in [0.5, 0.6) is 0 Å². The summed E-state index contributed by atoms with van der Waals surface area (Å²) in [4.78, 5) is 25.6. The molecule has 0 aliphatic heterocycles. The zero-order chi connectivity index (χ0) is 14.8. The molecule has 8 heteroatoms. The number of carbonyl (C=O) groups is 1. The average Bonchev–Trinajstić information content (AvgIpc) is 2.22. The molecule has 0 aliphatic rings. The Morgan fingerprint density at radius 3 is 2.42 bits per heavy atom. The molecule has 0 aliphatic carbocycles. The van der Waals surface area contributed by atoms with Crippen molar-refractivity contribution < 1.29 is 23.2 Å². The third-order valence-electron chi connectivity index (χ3n) is 2.42. The topological polar surface area (TPSA) is 82.5 Å². The maximum absolute atomic E-state index is 12.3. The van der Waals surface area contributed by atoms with Crippen LogP contribution in [0, 0.1) is 13.8 Å². The summed E-state index contributed by atoms with van der Waals surface area (Å²) < 4.78 is 37.0. The highest BCUT2D eigenvalue weighted by atomic mass is 19.4. The second kappa shape index (κ2) is 5.25. The fourth-order valence-electron chi connectivity index (χ4n) is 1.63. The van der Waals surface area contributed by atoms with Gasteiger partial charge in [0.1, 0.15) is 0 Å². The van der Waals surface area contributed by atoms with Crippen LogP contribution in [-0.2, 0) is 0 Å². The number of nitrogens with zero attached hydrogens (tertiary/aromatic N) is 1. The van der Waals surface area contributed by atoms with E-state index in [1.807, 2.05) is 0 Å². The molecule has 1 aromatic rings. The summed E-state index contributed by atoms with van der Waals surface area (Å²) in [6.45, 7) is 3.03. The normalized spacial score (nSPS) is 12.6. The Labute approximate surface area is 105 Å². The Bertz CT molecular complexity index is 588. The van der Waals surface area contributed by atoms with E-state index in [1.54, 1.807) is 6.92 Å². The van der Waals surface area contributed by atoms with Gasteiger partial charge in [-0.1, -0.05) is 5.16 Å². The Hall–Kier alpha value is -2.12. The van der Waals surface area contributed by atoms with Gasteiger partial charge in [0, 0.05) is 5.69 Å². The van der Waals surface area contributed by atoms with E-state index in [-0.39, 0.29) is 11.1 Å². The predicted octanol–water partition coefficient (Wildman–Crippen LogP) is 1.96. The van der Waals surface area contributed by atoms with E-state index in [2.05, 4.69) is 10.1 Å². The maximum Gasteiger partial charge on any atom is 0.433 e. The molecule has 2 N–H and O–H groups in total. The van der Waals surface area contributed by atoms with Gasteiger partial charge in [-0.05, 0) is 25.5 Å². The van der Waals surface area contributed by atoms with E-state index >= 15 is 0 Å². The molecule has 0 amide bonds. The van der Waals surface area contributed by atoms with Gasteiger partial charge in [0.25, 0.3) is 5.56 Å². The fourth-order valence-corrected chi connectivity index (χ4v) is 1.63. The predicted molar refractivity (Wildman–Crippen MR) is 60.8 cm³/mol. The number of nitrogens with one attached hydrogen (secondary N) is 1. The van der Waals surface area contributed by atoms with Crippen molar-refractivity contribution in [3.05, 3.63) is 33.2 Å². The largest absolute Gasteiger partial charge is 0.433 e. The van der Waals surface area contributed by atoms with Crippen molar-refractivity contribution in [2.75, 3.05) is 0 Å². The van der Waals surface area contributed by atoms with Gasteiger partial charge in [-0.3, -0.25) is 9.59 Å². The van der Waals surface area contributed by atoms with Crippen molar-refractivity contribution in [3.8, 4) is 0 Å². The third-order valence-corrected chi connectivity index (χ3v) is 2.42. The molecular weight excluding hydrogens is 265 g/mol. The number of oxime groups is 1. The molecule has 5 nitrogen and oxygen atoms in total. The van der Waals surface area contributed by atoms with E-state index in [4.69, 9.17) is 5.21 Å². The van der Waals surface area contributed by atoms with Crippen LogP contribution < -0.4 is 5.56 Å². The van der Waals surface area contributed by atoms with Crippen molar-refractivity contribution in [3.63, 3.8) is 0 Å². The number of hydrogen-bond acceptors (Lipinski definition) is 4. The lowest BCUT2D eigenvalue weighted by Gasteiger charge is -2.09. The molecule has 0 saturated heterocycles. The first-order valence-electron chi connectivity index (χ1n) is 5.18. The Balaban J connectivity index is 3.14. The maximum atomic E-state index is 12.3. The molecule has 0 radical (unpaired) electrons. The average molecular weight is 276 g/mol. The molecule has 0 atom stereocenters. The van der Waals surface area contributed by atoms with Gasteiger partial charge in [-0.15, -0.1) is 0 Å². The number of aryl methyl sites for hydroxylation is 2. The van der Waals surface area contributed by atoms with Gasteiger partial charge in [0.2, 0.25) is 0 Å². The standard InChI is InChI=1S/C11H11F3N2O3/c1-5-3-6(2)15-10(18)9(5)7(17)4-8(16-19)11(12,13)14/h3,19H,4H2,1-2H3,(H,15,18)/b16-8+. The number of aromatic amines is 1. The second-order valence-electron chi connectivity index (χ2n) is 3.98. The summed E-state index contributed by atoms with van der Waals surface area (Å²) in [5.41, 5.74) is -2.01. The molecule has 1 heterocycles. The van der Waals surface area contributed by atoms with E-state index in [0.29, 0.717) is 5.69 Å². The first-order valence-corrected chi connectivity index (χ1v) is 5.18. The van der Waals surface area contributed by atoms with Gasteiger partial charge in [0.15, 0.2) is 11.5 Å². The summed E-state index contributed by atoms with van der Waals surface area (Å²) in [6, 6.07) is 1.47. The van der Waals surface area contributed by atoms with Crippen molar-refractivity contribution >= 4 is 11.5 Å². The Kier molecular flexibility index (Phi) is 4.13. The number of hydrogen-bond donors (Lipinski definition) is 2. The zero-order valence-electron chi connectivity index (χ0n) is 10.1. The molecule has 104 valence electrons. The smallest absolute Gasteiger partial charge is 0.411 e. The molecular formula is C11H11F3N2O3. The molecule has 19 heavy (non-hydrogen) atoms. The number of aromatic nitrogens is 1. The summed E-state index contributed by atoms with van der Waals surface area (Å²) in [5.74, 6) is -1.05. The molecule has 0 bridgehead atoms. The van der Waals surface area contributed by atoms with Crippen LogP contribution in [0.25, 0.3) is 0 Å². The molecule has 1 aromatic heterocycles. The number of carbonyl (C=O) groups excluding carboxylic acids is 1. The molecule has 0 aromatic carbocycles. The van der Waals surface area contributed by atoms with E-state index in [0.717, 1.165) is 0 Å². The highest BCUT2D eigenvalue weighted by molar-refractivity contribution is 6.11.